The van der Waals surface area contributed by atoms with Gasteiger partial charge in [0.1, 0.15) is 23.5 Å². The molecular formula is C18H24N4O3. The molecule has 1 N–H and O–H groups in total. The Morgan fingerprint density at radius 2 is 2.28 bits per heavy atom. The first-order chi connectivity index (χ1) is 12.2. The van der Waals surface area contributed by atoms with Crippen LogP contribution in [0.25, 0.3) is 0 Å². The van der Waals surface area contributed by atoms with Gasteiger partial charge in [-0.1, -0.05) is 12.1 Å². The fraction of sp³-hybridized carbons (Fsp3) is 0.500. The molecule has 1 aromatic carbocycles. The van der Waals surface area contributed by atoms with Crippen molar-refractivity contribution < 1.29 is 14.3 Å². The lowest BCUT2D eigenvalue weighted by Crippen LogP contribution is -2.35. The van der Waals surface area contributed by atoms with Crippen LogP contribution in [0.1, 0.15) is 30.6 Å². The standard InChI is InChI=1S/C18H24N4O3/c1-13(25-12-14-5-3-6-15(11-14)24-2)18(23)19-9-8-17-21-20-16-7-4-10-22(16)17/h3,5-6,11,13H,4,7-10,12H2,1-2H3,(H,19,23)/t13-/m1/s1. The van der Waals surface area contributed by atoms with Crippen LogP contribution in [0.4, 0.5) is 0 Å². The molecule has 0 saturated carbocycles. The third-order valence-electron chi connectivity index (χ3n) is 4.34. The van der Waals surface area contributed by atoms with Gasteiger partial charge in [-0.05, 0) is 31.0 Å². The van der Waals surface area contributed by atoms with E-state index in [9.17, 15) is 4.79 Å². The highest BCUT2D eigenvalue weighted by Crippen LogP contribution is 2.15. The van der Waals surface area contributed by atoms with Crippen molar-refractivity contribution in [3.8, 4) is 5.75 Å². The lowest BCUT2D eigenvalue weighted by molar-refractivity contribution is -0.132. The SMILES string of the molecule is COc1cccc(CO[C@H](C)C(=O)NCCc2nnc3n2CCC3)c1. The van der Waals surface area contributed by atoms with Crippen LogP contribution in [0, 0.1) is 0 Å². The largest absolute Gasteiger partial charge is 0.497 e. The normalized spacial score (nSPS) is 14.2. The van der Waals surface area contributed by atoms with E-state index in [4.69, 9.17) is 9.47 Å². The molecule has 0 fully saturated rings. The zero-order valence-electron chi connectivity index (χ0n) is 14.7. The predicted molar refractivity (Wildman–Crippen MR) is 92.3 cm³/mol. The van der Waals surface area contributed by atoms with Gasteiger partial charge in [-0.25, -0.2) is 0 Å². The molecule has 0 spiro atoms. The van der Waals surface area contributed by atoms with Gasteiger partial charge in [-0.3, -0.25) is 4.79 Å². The molecule has 2 aromatic rings. The minimum absolute atomic E-state index is 0.121. The Hall–Kier alpha value is -2.41. The van der Waals surface area contributed by atoms with E-state index in [1.807, 2.05) is 24.3 Å². The Bertz CT molecular complexity index is 729. The van der Waals surface area contributed by atoms with Crippen molar-refractivity contribution >= 4 is 5.91 Å². The molecule has 1 amide bonds. The number of hydrogen-bond acceptors (Lipinski definition) is 5. The second-order valence-electron chi connectivity index (χ2n) is 6.13. The van der Waals surface area contributed by atoms with Gasteiger partial charge in [-0.2, -0.15) is 0 Å². The summed E-state index contributed by atoms with van der Waals surface area (Å²) >= 11 is 0. The number of nitrogens with one attached hydrogen (secondary N) is 1. The van der Waals surface area contributed by atoms with Gasteiger partial charge in [0.05, 0.1) is 13.7 Å². The van der Waals surface area contributed by atoms with E-state index in [2.05, 4.69) is 20.1 Å². The highest BCUT2D eigenvalue weighted by atomic mass is 16.5. The summed E-state index contributed by atoms with van der Waals surface area (Å²) in [6, 6.07) is 7.62. The van der Waals surface area contributed by atoms with E-state index in [0.29, 0.717) is 19.6 Å². The van der Waals surface area contributed by atoms with Crippen LogP contribution in [0.3, 0.4) is 0 Å². The van der Waals surface area contributed by atoms with Crippen LogP contribution in [-0.4, -0.2) is 40.4 Å². The molecule has 0 radical (unpaired) electrons. The number of benzene rings is 1. The van der Waals surface area contributed by atoms with E-state index in [0.717, 1.165) is 42.3 Å². The van der Waals surface area contributed by atoms with Gasteiger partial charge in [0.15, 0.2) is 0 Å². The number of aryl methyl sites for hydroxylation is 1. The molecular weight excluding hydrogens is 320 g/mol. The molecule has 2 heterocycles. The molecule has 1 aliphatic rings. The molecule has 0 aliphatic carbocycles. The van der Waals surface area contributed by atoms with Crippen LogP contribution in [0.2, 0.25) is 0 Å². The van der Waals surface area contributed by atoms with Crippen molar-refractivity contribution in [3.63, 3.8) is 0 Å². The zero-order chi connectivity index (χ0) is 17.6. The third-order valence-corrected chi connectivity index (χ3v) is 4.34. The van der Waals surface area contributed by atoms with Gasteiger partial charge >= 0.3 is 0 Å². The molecule has 0 saturated heterocycles. The number of hydrogen-bond donors (Lipinski definition) is 1. The molecule has 7 nitrogen and oxygen atoms in total. The Balaban J connectivity index is 1.41. The van der Waals surface area contributed by atoms with Crippen molar-refractivity contribution in [1.29, 1.82) is 0 Å². The number of fused-ring (bicyclic) bond motifs is 1. The van der Waals surface area contributed by atoms with Crippen LogP contribution in [0.15, 0.2) is 24.3 Å². The first kappa shape index (κ1) is 17.4. The van der Waals surface area contributed by atoms with E-state index in [1.165, 1.54) is 0 Å². The Labute approximate surface area is 147 Å². The highest BCUT2D eigenvalue weighted by Gasteiger charge is 2.18. The van der Waals surface area contributed by atoms with Gasteiger partial charge in [-0.15, -0.1) is 10.2 Å². The maximum absolute atomic E-state index is 12.1. The van der Waals surface area contributed by atoms with Crippen LogP contribution in [-0.2, 0) is 35.5 Å². The minimum Gasteiger partial charge on any atom is -0.497 e. The van der Waals surface area contributed by atoms with Crippen LogP contribution < -0.4 is 10.1 Å². The topological polar surface area (TPSA) is 78.3 Å². The second kappa shape index (κ2) is 8.11. The fourth-order valence-electron chi connectivity index (χ4n) is 2.90. The minimum atomic E-state index is -0.518. The molecule has 3 rings (SSSR count). The van der Waals surface area contributed by atoms with Crippen molar-refractivity contribution in [2.45, 2.75) is 45.4 Å². The maximum atomic E-state index is 12.1. The van der Waals surface area contributed by atoms with E-state index >= 15 is 0 Å². The number of aromatic nitrogens is 3. The monoisotopic (exact) mass is 344 g/mol. The quantitative estimate of drug-likeness (QED) is 0.785. The van der Waals surface area contributed by atoms with Crippen molar-refractivity contribution in [2.75, 3.05) is 13.7 Å². The van der Waals surface area contributed by atoms with Crippen molar-refractivity contribution in [1.82, 2.24) is 20.1 Å². The molecule has 1 aromatic heterocycles. The lowest BCUT2D eigenvalue weighted by atomic mass is 10.2. The number of amides is 1. The number of methoxy groups -OCH3 is 1. The first-order valence-corrected chi connectivity index (χ1v) is 8.60. The molecule has 7 heteroatoms. The van der Waals surface area contributed by atoms with E-state index < -0.39 is 6.10 Å². The summed E-state index contributed by atoms with van der Waals surface area (Å²) in [7, 11) is 1.63. The van der Waals surface area contributed by atoms with Crippen LogP contribution >= 0.6 is 0 Å². The van der Waals surface area contributed by atoms with Crippen molar-refractivity contribution in [3.05, 3.63) is 41.5 Å². The Morgan fingerprint density at radius 3 is 3.12 bits per heavy atom. The van der Waals surface area contributed by atoms with Crippen LogP contribution in [0.5, 0.6) is 5.75 Å². The molecule has 1 aliphatic heterocycles. The maximum Gasteiger partial charge on any atom is 0.248 e. The second-order valence-corrected chi connectivity index (χ2v) is 6.13. The summed E-state index contributed by atoms with van der Waals surface area (Å²) in [5.74, 6) is 2.65. The average molecular weight is 344 g/mol. The Kier molecular flexibility index (Phi) is 5.65. The first-order valence-electron chi connectivity index (χ1n) is 8.60. The Morgan fingerprint density at radius 1 is 1.40 bits per heavy atom. The molecule has 0 unspecified atom stereocenters. The number of carbonyl (C=O) groups excluding carboxylic acids is 1. The average Bonchev–Trinajstić information content (AvgIpc) is 3.24. The summed E-state index contributed by atoms with van der Waals surface area (Å²) in [6.45, 7) is 3.63. The van der Waals surface area contributed by atoms with Crippen molar-refractivity contribution in [2.24, 2.45) is 0 Å². The summed E-state index contributed by atoms with van der Waals surface area (Å²) < 4.78 is 13.0. The van der Waals surface area contributed by atoms with Gasteiger partial charge in [0.2, 0.25) is 5.91 Å². The molecule has 1 atom stereocenters. The highest BCUT2D eigenvalue weighted by molar-refractivity contribution is 5.80. The molecule has 25 heavy (non-hydrogen) atoms. The van der Waals surface area contributed by atoms with E-state index in [-0.39, 0.29) is 5.91 Å². The summed E-state index contributed by atoms with van der Waals surface area (Å²) in [5.41, 5.74) is 0.970. The summed E-state index contributed by atoms with van der Waals surface area (Å²) in [6.07, 6.45) is 2.28. The molecule has 0 bridgehead atoms. The van der Waals surface area contributed by atoms with E-state index in [1.54, 1.807) is 14.0 Å². The van der Waals surface area contributed by atoms with Gasteiger partial charge in [0.25, 0.3) is 0 Å². The zero-order valence-corrected chi connectivity index (χ0v) is 14.7. The smallest absolute Gasteiger partial charge is 0.248 e. The predicted octanol–water partition coefficient (Wildman–Crippen LogP) is 1.50. The third kappa shape index (κ3) is 4.36. The number of rotatable bonds is 8. The number of ether oxygens (including phenoxy) is 2. The lowest BCUT2D eigenvalue weighted by Gasteiger charge is -2.14. The summed E-state index contributed by atoms with van der Waals surface area (Å²) in [5, 5.41) is 11.3. The van der Waals surface area contributed by atoms with Gasteiger partial charge < -0.3 is 19.4 Å². The fourth-order valence-corrected chi connectivity index (χ4v) is 2.90. The summed E-state index contributed by atoms with van der Waals surface area (Å²) in [4.78, 5) is 12.1. The molecule has 134 valence electrons. The number of nitrogens with zero attached hydrogens (tertiary/aromatic N) is 3. The number of carbonyl (C=O) groups is 1. The van der Waals surface area contributed by atoms with Gasteiger partial charge in [0, 0.05) is 25.9 Å².